The summed E-state index contributed by atoms with van der Waals surface area (Å²) in [4.78, 5) is 17.0. The Morgan fingerprint density at radius 2 is 2.17 bits per heavy atom. The van der Waals surface area contributed by atoms with Gasteiger partial charge in [-0.05, 0) is 53.5 Å². The summed E-state index contributed by atoms with van der Waals surface area (Å²) in [6.07, 6.45) is 4.32. The van der Waals surface area contributed by atoms with Crippen LogP contribution < -0.4 is 5.32 Å². The second-order valence-corrected chi connectivity index (χ2v) is 5.99. The molecule has 1 fully saturated rings. The third-order valence-corrected chi connectivity index (χ3v) is 4.37. The van der Waals surface area contributed by atoms with E-state index in [1.54, 1.807) is 24.5 Å². The van der Waals surface area contributed by atoms with Crippen molar-refractivity contribution in [2.24, 2.45) is 5.92 Å². The molecule has 3 aromatic heterocycles. The first-order valence-electron chi connectivity index (χ1n) is 7.78. The summed E-state index contributed by atoms with van der Waals surface area (Å²) < 4.78 is 1.46. The maximum absolute atomic E-state index is 12.6. The van der Waals surface area contributed by atoms with Gasteiger partial charge in [0.1, 0.15) is 0 Å². The van der Waals surface area contributed by atoms with Gasteiger partial charge in [-0.1, -0.05) is 6.07 Å². The lowest BCUT2D eigenvalue weighted by molar-refractivity contribution is 0.0228. The molecule has 3 aromatic rings. The first-order valence-corrected chi connectivity index (χ1v) is 7.78. The average Bonchev–Trinajstić information content (AvgIpc) is 3.05. The number of rotatable bonds is 4. The van der Waals surface area contributed by atoms with Crippen LogP contribution in [0.15, 0.2) is 42.7 Å². The quantitative estimate of drug-likeness (QED) is 0.734. The first-order chi connectivity index (χ1) is 11.7. The van der Waals surface area contributed by atoms with E-state index >= 15 is 0 Å². The van der Waals surface area contributed by atoms with Crippen LogP contribution in [0, 0.1) is 5.92 Å². The van der Waals surface area contributed by atoms with Crippen molar-refractivity contribution in [1.29, 1.82) is 0 Å². The standard InChI is InChI=1S/C16H16N6O2/c23-12-7-11(8-12)15(13-3-1-2-6-17-13)18-16(24)10-4-5-14-19-20-21-22(14)9-10/h1-6,9,11-12,15,23H,7-8H2,(H,18,24). The van der Waals surface area contributed by atoms with E-state index in [-0.39, 0.29) is 24.0 Å². The van der Waals surface area contributed by atoms with Crippen molar-refractivity contribution in [3.05, 3.63) is 54.0 Å². The monoisotopic (exact) mass is 324 g/mol. The van der Waals surface area contributed by atoms with E-state index in [2.05, 4.69) is 25.8 Å². The van der Waals surface area contributed by atoms with Gasteiger partial charge in [0.15, 0.2) is 5.65 Å². The number of carbonyl (C=O) groups excluding carboxylic acids is 1. The van der Waals surface area contributed by atoms with Crippen molar-refractivity contribution in [2.75, 3.05) is 0 Å². The minimum atomic E-state index is -0.296. The molecular formula is C16H16N6O2. The van der Waals surface area contributed by atoms with Crippen molar-refractivity contribution >= 4 is 11.6 Å². The number of aliphatic hydroxyl groups is 1. The SMILES string of the molecule is O=C(NC(c1ccccn1)C1CC(O)C1)c1ccc2nnnn2c1. The Balaban J connectivity index is 1.58. The molecule has 0 saturated heterocycles. The number of aliphatic hydroxyl groups excluding tert-OH is 1. The minimum Gasteiger partial charge on any atom is -0.393 e. The molecule has 24 heavy (non-hydrogen) atoms. The zero-order valence-electron chi connectivity index (χ0n) is 12.8. The van der Waals surface area contributed by atoms with Crippen molar-refractivity contribution in [1.82, 2.24) is 30.3 Å². The van der Waals surface area contributed by atoms with Gasteiger partial charge < -0.3 is 10.4 Å². The van der Waals surface area contributed by atoms with E-state index in [9.17, 15) is 9.90 Å². The molecule has 1 amide bonds. The summed E-state index contributed by atoms with van der Waals surface area (Å²) in [5.41, 5.74) is 1.84. The van der Waals surface area contributed by atoms with Gasteiger partial charge in [-0.25, -0.2) is 0 Å². The van der Waals surface area contributed by atoms with Gasteiger partial charge in [-0.3, -0.25) is 9.78 Å². The normalized spacial score (nSPS) is 21.2. The van der Waals surface area contributed by atoms with Crippen LogP contribution in [0.2, 0.25) is 0 Å². The molecular weight excluding hydrogens is 308 g/mol. The smallest absolute Gasteiger partial charge is 0.253 e. The third-order valence-electron chi connectivity index (χ3n) is 4.37. The highest BCUT2D eigenvalue weighted by atomic mass is 16.3. The molecule has 122 valence electrons. The summed E-state index contributed by atoms with van der Waals surface area (Å²) in [5, 5.41) is 23.8. The second kappa shape index (κ2) is 5.97. The molecule has 1 atom stereocenters. The summed E-state index contributed by atoms with van der Waals surface area (Å²) >= 11 is 0. The van der Waals surface area contributed by atoms with Gasteiger partial charge in [0, 0.05) is 12.4 Å². The van der Waals surface area contributed by atoms with E-state index in [1.165, 1.54) is 4.52 Å². The predicted octanol–water partition coefficient (Wildman–Crippen LogP) is 0.761. The number of aromatic nitrogens is 5. The van der Waals surface area contributed by atoms with Gasteiger partial charge in [0.2, 0.25) is 0 Å². The summed E-state index contributed by atoms with van der Waals surface area (Å²) in [5.74, 6) is -0.0416. The number of fused-ring (bicyclic) bond motifs is 1. The van der Waals surface area contributed by atoms with Crippen molar-refractivity contribution in [2.45, 2.75) is 25.0 Å². The highest BCUT2D eigenvalue weighted by molar-refractivity contribution is 5.94. The van der Waals surface area contributed by atoms with Gasteiger partial charge >= 0.3 is 0 Å². The van der Waals surface area contributed by atoms with Gasteiger partial charge in [0.05, 0.1) is 23.4 Å². The van der Waals surface area contributed by atoms with Crippen LogP contribution in [0.5, 0.6) is 0 Å². The number of nitrogens with zero attached hydrogens (tertiary/aromatic N) is 5. The summed E-state index contributed by atoms with van der Waals surface area (Å²) in [6, 6.07) is 8.77. The molecule has 8 nitrogen and oxygen atoms in total. The zero-order chi connectivity index (χ0) is 16.5. The van der Waals surface area contributed by atoms with Gasteiger partial charge in [-0.2, -0.15) is 4.52 Å². The topological polar surface area (TPSA) is 105 Å². The van der Waals surface area contributed by atoms with E-state index in [1.807, 2.05) is 18.2 Å². The lowest BCUT2D eigenvalue weighted by Crippen LogP contribution is -2.41. The molecule has 1 aliphatic carbocycles. The number of nitrogens with one attached hydrogen (secondary N) is 1. The van der Waals surface area contributed by atoms with E-state index < -0.39 is 0 Å². The minimum absolute atomic E-state index is 0.176. The molecule has 0 aromatic carbocycles. The van der Waals surface area contributed by atoms with Crippen LogP contribution in [-0.4, -0.2) is 42.1 Å². The van der Waals surface area contributed by atoms with Crippen LogP contribution >= 0.6 is 0 Å². The van der Waals surface area contributed by atoms with Crippen LogP contribution in [0.3, 0.4) is 0 Å². The summed E-state index contributed by atoms with van der Waals surface area (Å²) in [7, 11) is 0. The lowest BCUT2D eigenvalue weighted by atomic mass is 9.76. The fraction of sp³-hybridized carbons (Fsp3) is 0.312. The van der Waals surface area contributed by atoms with Crippen LogP contribution in [0.1, 0.15) is 34.9 Å². The Bertz CT molecular complexity index is 859. The number of pyridine rings is 2. The molecule has 0 radical (unpaired) electrons. The van der Waals surface area contributed by atoms with Gasteiger partial charge in [-0.15, -0.1) is 5.10 Å². The first kappa shape index (κ1) is 14.7. The molecule has 8 heteroatoms. The van der Waals surface area contributed by atoms with Crippen molar-refractivity contribution in [3.8, 4) is 0 Å². The van der Waals surface area contributed by atoms with Gasteiger partial charge in [0.25, 0.3) is 5.91 Å². The Kier molecular flexibility index (Phi) is 3.66. The van der Waals surface area contributed by atoms with E-state index in [0.29, 0.717) is 24.1 Å². The Labute approximate surface area is 137 Å². The van der Waals surface area contributed by atoms with Crippen LogP contribution in [-0.2, 0) is 0 Å². The number of tetrazole rings is 1. The fourth-order valence-corrected chi connectivity index (χ4v) is 3.00. The number of amides is 1. The maximum atomic E-state index is 12.6. The predicted molar refractivity (Wildman–Crippen MR) is 84.0 cm³/mol. The highest BCUT2D eigenvalue weighted by Crippen LogP contribution is 2.37. The molecule has 1 saturated carbocycles. The number of hydrogen-bond donors (Lipinski definition) is 2. The van der Waals surface area contributed by atoms with Crippen LogP contribution in [0.4, 0.5) is 0 Å². The van der Waals surface area contributed by atoms with Crippen molar-refractivity contribution < 1.29 is 9.90 Å². The Morgan fingerprint density at radius 1 is 1.29 bits per heavy atom. The average molecular weight is 324 g/mol. The largest absolute Gasteiger partial charge is 0.393 e. The molecule has 3 heterocycles. The zero-order valence-corrected chi connectivity index (χ0v) is 12.8. The highest BCUT2D eigenvalue weighted by Gasteiger charge is 2.36. The molecule has 4 rings (SSSR count). The number of carbonyl (C=O) groups is 1. The summed E-state index contributed by atoms with van der Waals surface area (Å²) in [6.45, 7) is 0. The Hall–Kier alpha value is -2.87. The Morgan fingerprint density at radius 3 is 2.92 bits per heavy atom. The maximum Gasteiger partial charge on any atom is 0.253 e. The van der Waals surface area contributed by atoms with Crippen LogP contribution in [0.25, 0.3) is 5.65 Å². The molecule has 0 aliphatic heterocycles. The third kappa shape index (κ3) is 2.71. The second-order valence-electron chi connectivity index (χ2n) is 5.99. The molecule has 1 unspecified atom stereocenters. The molecule has 1 aliphatic rings. The molecule has 0 bridgehead atoms. The van der Waals surface area contributed by atoms with Crippen molar-refractivity contribution in [3.63, 3.8) is 0 Å². The lowest BCUT2D eigenvalue weighted by Gasteiger charge is -2.37. The van der Waals surface area contributed by atoms with E-state index in [0.717, 1.165) is 5.69 Å². The number of hydrogen-bond acceptors (Lipinski definition) is 6. The molecule has 2 N–H and O–H groups in total. The van der Waals surface area contributed by atoms with E-state index in [4.69, 9.17) is 0 Å². The fourth-order valence-electron chi connectivity index (χ4n) is 3.00. The molecule has 0 spiro atoms.